The highest BCUT2D eigenvalue weighted by Gasteiger charge is 2.28. The molecule has 1 atom stereocenters. The van der Waals surface area contributed by atoms with E-state index in [2.05, 4.69) is 95.4 Å². The standard InChI is InChI=1S/C30H34N4O/c1-22-10-6-7-13-26(22)21-34-28-15-9-8-14-27(28)32-30(34)33-18-16-25(17-19-33)29(35)31-20-23(2)24-11-4-3-5-12-24/h3-15,23,25H,16-21H2,1-2H3,(H,31,35)/t23-/m0/s1. The number of aryl methyl sites for hydroxylation is 1. The van der Waals surface area contributed by atoms with Crippen molar-refractivity contribution in [2.24, 2.45) is 5.92 Å². The fourth-order valence-electron chi connectivity index (χ4n) is 5.06. The Kier molecular flexibility index (Phi) is 6.84. The van der Waals surface area contributed by atoms with E-state index in [-0.39, 0.29) is 11.8 Å². The van der Waals surface area contributed by atoms with Gasteiger partial charge < -0.3 is 14.8 Å². The Morgan fingerprint density at radius 2 is 1.66 bits per heavy atom. The first-order valence-electron chi connectivity index (χ1n) is 12.7. The van der Waals surface area contributed by atoms with Gasteiger partial charge >= 0.3 is 0 Å². The highest BCUT2D eigenvalue weighted by atomic mass is 16.1. The van der Waals surface area contributed by atoms with Crippen LogP contribution in [0.4, 0.5) is 5.95 Å². The Hall–Kier alpha value is -3.60. The van der Waals surface area contributed by atoms with Crippen LogP contribution in [0.15, 0.2) is 78.9 Å². The Balaban J connectivity index is 1.26. The van der Waals surface area contributed by atoms with Gasteiger partial charge in [0, 0.05) is 25.6 Å². The number of amides is 1. The molecular formula is C30H34N4O. The van der Waals surface area contributed by atoms with E-state index < -0.39 is 0 Å². The number of hydrogen-bond acceptors (Lipinski definition) is 3. The van der Waals surface area contributed by atoms with Gasteiger partial charge in [0.25, 0.3) is 0 Å². The molecule has 0 radical (unpaired) electrons. The number of piperidine rings is 1. The van der Waals surface area contributed by atoms with Crippen molar-refractivity contribution in [3.8, 4) is 0 Å². The van der Waals surface area contributed by atoms with Crippen LogP contribution in [-0.4, -0.2) is 35.1 Å². The second-order valence-corrected chi connectivity index (χ2v) is 9.73. The third-order valence-electron chi connectivity index (χ3n) is 7.32. The highest BCUT2D eigenvalue weighted by molar-refractivity contribution is 5.80. The molecule has 0 spiro atoms. The van der Waals surface area contributed by atoms with Crippen molar-refractivity contribution < 1.29 is 4.79 Å². The number of anilines is 1. The molecule has 0 unspecified atom stereocenters. The van der Waals surface area contributed by atoms with E-state index in [1.165, 1.54) is 16.7 Å². The van der Waals surface area contributed by atoms with Gasteiger partial charge in [-0.05, 0) is 54.5 Å². The molecular weight excluding hydrogens is 432 g/mol. The number of carbonyl (C=O) groups is 1. The van der Waals surface area contributed by atoms with Gasteiger partial charge in [-0.2, -0.15) is 0 Å². The first-order valence-corrected chi connectivity index (χ1v) is 12.7. The van der Waals surface area contributed by atoms with Crippen molar-refractivity contribution in [1.82, 2.24) is 14.9 Å². The van der Waals surface area contributed by atoms with Gasteiger partial charge in [0.1, 0.15) is 0 Å². The van der Waals surface area contributed by atoms with Crippen molar-refractivity contribution in [2.75, 3.05) is 24.5 Å². The molecule has 1 aromatic heterocycles. The van der Waals surface area contributed by atoms with Crippen molar-refractivity contribution in [1.29, 1.82) is 0 Å². The molecule has 5 nitrogen and oxygen atoms in total. The van der Waals surface area contributed by atoms with Crippen LogP contribution in [0.2, 0.25) is 0 Å². The zero-order valence-electron chi connectivity index (χ0n) is 20.7. The Morgan fingerprint density at radius 1 is 0.971 bits per heavy atom. The van der Waals surface area contributed by atoms with Gasteiger partial charge in [0.2, 0.25) is 11.9 Å². The average Bonchev–Trinajstić information content (AvgIpc) is 3.27. The van der Waals surface area contributed by atoms with Gasteiger partial charge in [0.15, 0.2) is 0 Å². The zero-order chi connectivity index (χ0) is 24.2. The Bertz CT molecular complexity index is 1290. The molecule has 1 fully saturated rings. The fraction of sp³-hybridized carbons (Fsp3) is 0.333. The maximum Gasteiger partial charge on any atom is 0.223 e. The minimum atomic E-state index is 0.0587. The van der Waals surface area contributed by atoms with Crippen molar-refractivity contribution in [3.05, 3.63) is 95.6 Å². The number of benzene rings is 3. The number of imidazole rings is 1. The third-order valence-corrected chi connectivity index (χ3v) is 7.32. The van der Waals surface area contributed by atoms with Crippen molar-refractivity contribution in [3.63, 3.8) is 0 Å². The number of nitrogens with one attached hydrogen (secondary N) is 1. The van der Waals surface area contributed by atoms with E-state index in [4.69, 9.17) is 4.98 Å². The molecule has 35 heavy (non-hydrogen) atoms. The van der Waals surface area contributed by atoms with Crippen molar-refractivity contribution >= 4 is 22.9 Å². The molecule has 180 valence electrons. The number of rotatable bonds is 7. The quantitative estimate of drug-likeness (QED) is 0.390. The molecule has 5 heteroatoms. The second kappa shape index (κ2) is 10.3. The normalized spacial score (nSPS) is 15.3. The molecule has 1 amide bonds. The molecule has 5 rings (SSSR count). The molecule has 1 saturated heterocycles. The molecule has 3 aromatic carbocycles. The van der Waals surface area contributed by atoms with E-state index in [0.29, 0.717) is 12.5 Å². The van der Waals surface area contributed by atoms with Gasteiger partial charge in [-0.25, -0.2) is 4.98 Å². The summed E-state index contributed by atoms with van der Waals surface area (Å²) in [6, 6.07) is 27.3. The fourth-order valence-corrected chi connectivity index (χ4v) is 5.06. The van der Waals surface area contributed by atoms with Gasteiger partial charge in [-0.15, -0.1) is 0 Å². The predicted octanol–water partition coefficient (Wildman–Crippen LogP) is 5.53. The zero-order valence-corrected chi connectivity index (χ0v) is 20.7. The van der Waals surface area contributed by atoms with Gasteiger partial charge in [-0.1, -0.05) is 73.7 Å². The number of hydrogen-bond donors (Lipinski definition) is 1. The number of fused-ring (bicyclic) bond motifs is 1. The molecule has 4 aromatic rings. The second-order valence-electron chi connectivity index (χ2n) is 9.73. The number of para-hydroxylation sites is 2. The van der Waals surface area contributed by atoms with Crippen LogP contribution < -0.4 is 10.2 Å². The molecule has 1 aliphatic heterocycles. The van der Waals surface area contributed by atoms with Gasteiger partial charge in [-0.3, -0.25) is 4.79 Å². The molecule has 0 aliphatic carbocycles. The summed E-state index contributed by atoms with van der Waals surface area (Å²) in [4.78, 5) is 20.3. The first-order chi connectivity index (χ1) is 17.1. The molecule has 0 saturated carbocycles. The average molecular weight is 467 g/mol. The number of nitrogens with zero attached hydrogens (tertiary/aromatic N) is 3. The van der Waals surface area contributed by atoms with Crippen LogP contribution in [0.25, 0.3) is 11.0 Å². The summed E-state index contributed by atoms with van der Waals surface area (Å²) < 4.78 is 2.33. The maximum atomic E-state index is 12.9. The monoisotopic (exact) mass is 466 g/mol. The lowest BCUT2D eigenvalue weighted by molar-refractivity contribution is -0.125. The van der Waals surface area contributed by atoms with Crippen LogP contribution in [-0.2, 0) is 11.3 Å². The topological polar surface area (TPSA) is 50.2 Å². The molecule has 1 N–H and O–H groups in total. The van der Waals surface area contributed by atoms with E-state index >= 15 is 0 Å². The molecule has 1 aliphatic rings. The predicted molar refractivity (Wildman–Crippen MR) is 143 cm³/mol. The summed E-state index contributed by atoms with van der Waals surface area (Å²) >= 11 is 0. The lowest BCUT2D eigenvalue weighted by Gasteiger charge is -2.32. The van der Waals surface area contributed by atoms with E-state index in [1.807, 2.05) is 12.1 Å². The van der Waals surface area contributed by atoms with Crippen LogP contribution in [0, 0.1) is 12.8 Å². The maximum absolute atomic E-state index is 12.9. The van der Waals surface area contributed by atoms with Crippen molar-refractivity contribution in [2.45, 2.75) is 39.2 Å². The summed E-state index contributed by atoms with van der Waals surface area (Å²) in [6.07, 6.45) is 1.69. The number of carbonyl (C=O) groups excluding carboxylic acids is 1. The van der Waals surface area contributed by atoms with E-state index in [0.717, 1.165) is 49.5 Å². The van der Waals surface area contributed by atoms with Crippen LogP contribution in [0.3, 0.4) is 0 Å². The Morgan fingerprint density at radius 3 is 2.43 bits per heavy atom. The summed E-state index contributed by atoms with van der Waals surface area (Å²) in [5, 5.41) is 3.20. The van der Waals surface area contributed by atoms with Crippen LogP contribution in [0.5, 0.6) is 0 Å². The van der Waals surface area contributed by atoms with E-state index in [9.17, 15) is 4.79 Å². The summed E-state index contributed by atoms with van der Waals surface area (Å²) in [5.41, 5.74) is 6.02. The first kappa shape index (κ1) is 23.2. The largest absolute Gasteiger partial charge is 0.355 e. The molecule has 0 bridgehead atoms. The summed E-state index contributed by atoms with van der Waals surface area (Å²) in [7, 11) is 0. The summed E-state index contributed by atoms with van der Waals surface area (Å²) in [6.45, 7) is 7.47. The summed E-state index contributed by atoms with van der Waals surface area (Å²) in [5.74, 6) is 1.55. The smallest absolute Gasteiger partial charge is 0.223 e. The SMILES string of the molecule is Cc1ccccc1Cn1c(N2CCC(C(=O)NC[C@H](C)c3ccccc3)CC2)nc2ccccc21. The minimum absolute atomic E-state index is 0.0587. The lowest BCUT2D eigenvalue weighted by atomic mass is 9.95. The van der Waals surface area contributed by atoms with Crippen LogP contribution in [0.1, 0.15) is 42.4 Å². The molecule has 2 heterocycles. The lowest BCUT2D eigenvalue weighted by Crippen LogP contribution is -2.42. The minimum Gasteiger partial charge on any atom is -0.355 e. The Labute approximate surface area is 207 Å². The van der Waals surface area contributed by atoms with Crippen LogP contribution >= 0.6 is 0 Å². The number of aromatic nitrogens is 2. The third kappa shape index (κ3) is 5.09. The van der Waals surface area contributed by atoms with Gasteiger partial charge in [0.05, 0.1) is 17.6 Å². The van der Waals surface area contributed by atoms with E-state index in [1.54, 1.807) is 0 Å². The highest BCUT2D eigenvalue weighted by Crippen LogP contribution is 2.28.